The van der Waals surface area contributed by atoms with Gasteiger partial charge in [0.05, 0.1) is 4.75 Å². The summed E-state index contributed by atoms with van der Waals surface area (Å²) in [5.41, 5.74) is 4.10. The van der Waals surface area contributed by atoms with Gasteiger partial charge in [-0.1, -0.05) is 137 Å². The summed E-state index contributed by atoms with van der Waals surface area (Å²) in [5.74, 6) is 1.18. The molecule has 0 aromatic heterocycles. The molecule has 34 heavy (non-hydrogen) atoms. The summed E-state index contributed by atoms with van der Waals surface area (Å²) >= 11 is 1.93. The second-order valence-electron chi connectivity index (χ2n) is 9.95. The van der Waals surface area contributed by atoms with Gasteiger partial charge in [-0.25, -0.2) is 0 Å². The summed E-state index contributed by atoms with van der Waals surface area (Å²) in [6.45, 7) is 9.32. The Bertz CT molecular complexity index is 1150. The van der Waals surface area contributed by atoms with E-state index in [-0.39, 0.29) is 10.8 Å². The zero-order valence-corrected chi connectivity index (χ0v) is 21.3. The van der Waals surface area contributed by atoms with Gasteiger partial charge in [0, 0.05) is 22.1 Å². The molecule has 0 aliphatic heterocycles. The summed E-state index contributed by atoms with van der Waals surface area (Å²) in [5, 5.41) is 11.4. The van der Waals surface area contributed by atoms with Gasteiger partial charge in [-0.05, 0) is 22.8 Å². The van der Waals surface area contributed by atoms with Crippen LogP contribution in [0.25, 0.3) is 0 Å². The van der Waals surface area contributed by atoms with Crippen molar-refractivity contribution in [1.29, 1.82) is 0 Å². The molecule has 1 nitrogen and oxygen atoms in total. The van der Waals surface area contributed by atoms with Crippen LogP contribution in [-0.2, 0) is 21.3 Å². The third kappa shape index (κ3) is 4.16. The van der Waals surface area contributed by atoms with Gasteiger partial charge in [-0.15, -0.1) is 11.8 Å². The molecule has 2 heteroatoms. The Hall–Kier alpha value is -2.97. The van der Waals surface area contributed by atoms with Crippen molar-refractivity contribution in [3.63, 3.8) is 0 Å². The summed E-state index contributed by atoms with van der Waals surface area (Å²) in [4.78, 5) is 0. The predicted molar refractivity (Wildman–Crippen MR) is 146 cm³/mol. The molecule has 0 atom stereocenters. The van der Waals surface area contributed by atoms with E-state index in [0.717, 1.165) is 11.3 Å². The quantitative estimate of drug-likeness (QED) is 0.281. The van der Waals surface area contributed by atoms with E-state index in [2.05, 4.69) is 131 Å². The first kappa shape index (κ1) is 24.2. The van der Waals surface area contributed by atoms with Crippen LogP contribution < -0.4 is 0 Å². The zero-order valence-electron chi connectivity index (χ0n) is 20.5. The Morgan fingerprint density at radius 2 is 0.971 bits per heavy atom. The van der Waals surface area contributed by atoms with Crippen molar-refractivity contribution in [2.45, 2.75) is 49.0 Å². The first-order chi connectivity index (χ1) is 16.3. The number of phenols is 1. The average molecular weight is 467 g/mol. The van der Waals surface area contributed by atoms with E-state index in [0.29, 0.717) is 5.75 Å². The highest BCUT2D eigenvalue weighted by molar-refractivity contribution is 7.99. The summed E-state index contributed by atoms with van der Waals surface area (Å²) < 4.78 is -0.496. The zero-order chi connectivity index (χ0) is 24.2. The van der Waals surface area contributed by atoms with Crippen molar-refractivity contribution in [2.24, 2.45) is 0 Å². The molecule has 0 saturated heterocycles. The molecule has 0 unspecified atom stereocenters. The van der Waals surface area contributed by atoms with Gasteiger partial charge < -0.3 is 5.11 Å². The predicted octanol–water partition coefficient (Wildman–Crippen LogP) is 8.48. The van der Waals surface area contributed by atoms with Gasteiger partial charge in [0.2, 0.25) is 0 Å². The maximum absolute atomic E-state index is 11.4. The molecule has 0 spiro atoms. The Morgan fingerprint density at radius 1 is 0.559 bits per heavy atom. The smallest absolute Gasteiger partial charge is 0.120 e. The number of aromatic hydroxyl groups is 1. The molecule has 0 heterocycles. The highest BCUT2D eigenvalue weighted by Crippen LogP contribution is 2.63. The topological polar surface area (TPSA) is 20.2 Å². The molecule has 0 aliphatic rings. The molecule has 0 saturated carbocycles. The minimum Gasteiger partial charge on any atom is -0.508 e. The standard InChI is InChI=1S/C32H34OS/c1-30(2,26-18-10-6-11-19-26)32(28-22-14-15-23-29(28)33,34-24-25-16-8-5-9-17-25)31(3,4)27-20-12-7-13-21-27/h5-23,33H,24H2,1-4H3. The van der Waals surface area contributed by atoms with Crippen LogP contribution in [-0.4, -0.2) is 5.11 Å². The van der Waals surface area contributed by atoms with E-state index >= 15 is 0 Å². The molecule has 0 fully saturated rings. The van der Waals surface area contributed by atoms with Crippen LogP contribution in [0.2, 0.25) is 0 Å². The molecule has 4 rings (SSSR count). The third-order valence-corrected chi connectivity index (χ3v) is 9.48. The largest absolute Gasteiger partial charge is 0.508 e. The molecule has 0 bridgehead atoms. The molecule has 0 amide bonds. The molecular weight excluding hydrogens is 432 g/mol. The van der Waals surface area contributed by atoms with E-state index in [1.165, 1.54) is 16.7 Å². The first-order valence-electron chi connectivity index (χ1n) is 11.9. The van der Waals surface area contributed by atoms with Gasteiger partial charge >= 0.3 is 0 Å². The van der Waals surface area contributed by atoms with Crippen LogP contribution in [0.1, 0.15) is 49.9 Å². The van der Waals surface area contributed by atoms with Crippen LogP contribution in [0.3, 0.4) is 0 Å². The van der Waals surface area contributed by atoms with Crippen molar-refractivity contribution in [2.75, 3.05) is 0 Å². The number of benzene rings is 4. The lowest BCUT2D eigenvalue weighted by atomic mass is 9.56. The summed E-state index contributed by atoms with van der Waals surface area (Å²) in [7, 11) is 0. The van der Waals surface area contributed by atoms with E-state index in [1.807, 2.05) is 23.9 Å². The van der Waals surface area contributed by atoms with Crippen molar-refractivity contribution < 1.29 is 5.11 Å². The lowest BCUT2D eigenvalue weighted by Crippen LogP contribution is -2.55. The Kier molecular flexibility index (Phi) is 6.91. The van der Waals surface area contributed by atoms with Crippen molar-refractivity contribution >= 4 is 11.8 Å². The molecule has 0 aliphatic carbocycles. The van der Waals surface area contributed by atoms with E-state index in [4.69, 9.17) is 0 Å². The molecule has 4 aromatic rings. The highest BCUT2D eigenvalue weighted by atomic mass is 32.2. The lowest BCUT2D eigenvalue weighted by Gasteiger charge is -2.56. The van der Waals surface area contributed by atoms with Crippen LogP contribution >= 0.6 is 11.8 Å². The Morgan fingerprint density at radius 3 is 1.44 bits per heavy atom. The summed E-state index contributed by atoms with van der Waals surface area (Å²) in [6.07, 6.45) is 0. The number of hydrogen-bond donors (Lipinski definition) is 1. The van der Waals surface area contributed by atoms with Gasteiger partial charge in [-0.3, -0.25) is 0 Å². The molecular formula is C32H34OS. The maximum atomic E-state index is 11.4. The number of hydrogen-bond acceptors (Lipinski definition) is 2. The SMILES string of the molecule is CC(C)(c1ccccc1)C(SCc1ccccc1)(c1ccccc1O)C(C)(C)c1ccccc1. The fourth-order valence-corrected chi connectivity index (χ4v) is 7.41. The minimum atomic E-state index is -0.496. The van der Waals surface area contributed by atoms with Gasteiger partial charge in [0.25, 0.3) is 0 Å². The molecule has 174 valence electrons. The highest BCUT2D eigenvalue weighted by Gasteiger charge is 2.58. The van der Waals surface area contributed by atoms with Crippen LogP contribution in [0.5, 0.6) is 5.75 Å². The number of phenolic OH excluding ortho intramolecular Hbond substituents is 1. The Balaban J connectivity index is 2.03. The number of thioether (sulfide) groups is 1. The summed E-state index contributed by atoms with van der Waals surface area (Å²) in [6, 6.07) is 40.0. The van der Waals surface area contributed by atoms with E-state index < -0.39 is 4.75 Å². The minimum absolute atomic E-state index is 0.327. The second-order valence-corrected chi connectivity index (χ2v) is 11.1. The second kappa shape index (κ2) is 9.72. The van der Waals surface area contributed by atoms with Gasteiger partial charge in [0.15, 0.2) is 0 Å². The normalized spacial score (nSPS) is 12.5. The van der Waals surface area contributed by atoms with E-state index in [1.54, 1.807) is 0 Å². The maximum Gasteiger partial charge on any atom is 0.120 e. The van der Waals surface area contributed by atoms with Crippen LogP contribution in [0.15, 0.2) is 115 Å². The third-order valence-electron chi connectivity index (χ3n) is 7.33. The van der Waals surface area contributed by atoms with Crippen LogP contribution in [0.4, 0.5) is 0 Å². The van der Waals surface area contributed by atoms with E-state index in [9.17, 15) is 5.11 Å². The van der Waals surface area contributed by atoms with Crippen molar-refractivity contribution in [3.05, 3.63) is 138 Å². The lowest BCUT2D eigenvalue weighted by molar-refractivity contribution is 0.237. The van der Waals surface area contributed by atoms with Crippen molar-refractivity contribution in [1.82, 2.24) is 0 Å². The monoisotopic (exact) mass is 466 g/mol. The van der Waals surface area contributed by atoms with Crippen LogP contribution in [0, 0.1) is 0 Å². The molecule has 1 N–H and O–H groups in total. The van der Waals surface area contributed by atoms with Gasteiger partial charge in [-0.2, -0.15) is 0 Å². The Labute approximate surface area is 208 Å². The molecule has 0 radical (unpaired) electrons. The fourth-order valence-electron chi connectivity index (χ4n) is 5.55. The van der Waals surface area contributed by atoms with Gasteiger partial charge in [0.1, 0.15) is 5.75 Å². The fraction of sp³-hybridized carbons (Fsp3) is 0.250. The number of rotatable bonds is 8. The molecule has 4 aromatic carbocycles. The van der Waals surface area contributed by atoms with Crippen molar-refractivity contribution in [3.8, 4) is 5.75 Å². The first-order valence-corrected chi connectivity index (χ1v) is 12.9. The average Bonchev–Trinajstić information content (AvgIpc) is 2.87. The number of para-hydroxylation sites is 1.